The predicted molar refractivity (Wildman–Crippen MR) is 71.3 cm³/mol. The summed E-state index contributed by atoms with van der Waals surface area (Å²) in [7, 11) is 0. The van der Waals surface area contributed by atoms with Crippen LogP contribution in [0.25, 0.3) is 5.65 Å². The molecule has 2 aromatic heterocycles. The van der Waals surface area contributed by atoms with Crippen LogP contribution in [0.1, 0.15) is 5.56 Å². The van der Waals surface area contributed by atoms with Crippen molar-refractivity contribution >= 4 is 23.3 Å². The molecule has 0 bridgehead atoms. The molecule has 1 aliphatic heterocycles. The maximum absolute atomic E-state index is 11.8. The lowest BCUT2D eigenvalue weighted by molar-refractivity contribution is -0.122. The average Bonchev–Trinajstić information content (AvgIpc) is 3.05. The lowest BCUT2D eigenvalue weighted by Crippen LogP contribution is -2.41. The van der Waals surface area contributed by atoms with Gasteiger partial charge in [-0.2, -0.15) is 0 Å². The molecule has 0 saturated carbocycles. The van der Waals surface area contributed by atoms with E-state index in [0.29, 0.717) is 6.54 Å². The molecule has 3 rings (SSSR count). The molecule has 6 heteroatoms. The third kappa shape index (κ3) is 2.34. The summed E-state index contributed by atoms with van der Waals surface area (Å²) >= 11 is 1.75. The van der Waals surface area contributed by atoms with Crippen LogP contribution in [0.4, 0.5) is 0 Å². The minimum atomic E-state index is -0.0508. The average molecular weight is 262 g/mol. The fourth-order valence-electron chi connectivity index (χ4n) is 1.94. The highest BCUT2D eigenvalue weighted by Gasteiger charge is 2.21. The van der Waals surface area contributed by atoms with Gasteiger partial charge in [0.1, 0.15) is 5.65 Å². The third-order valence-corrected chi connectivity index (χ3v) is 3.90. The Morgan fingerprint density at radius 1 is 1.61 bits per heavy atom. The molecular weight excluding hydrogens is 248 g/mol. The fraction of sp³-hybridized carbons (Fsp3) is 0.333. The van der Waals surface area contributed by atoms with Crippen molar-refractivity contribution in [1.29, 1.82) is 0 Å². The second kappa shape index (κ2) is 4.99. The van der Waals surface area contributed by atoms with Gasteiger partial charge >= 0.3 is 0 Å². The Kier molecular flexibility index (Phi) is 3.21. The van der Waals surface area contributed by atoms with Gasteiger partial charge in [-0.15, -0.1) is 11.8 Å². The van der Waals surface area contributed by atoms with Crippen LogP contribution in [-0.4, -0.2) is 33.0 Å². The van der Waals surface area contributed by atoms with Gasteiger partial charge in [0.15, 0.2) is 0 Å². The summed E-state index contributed by atoms with van der Waals surface area (Å²) in [5.74, 6) is 1.78. The highest BCUT2D eigenvalue weighted by molar-refractivity contribution is 7.99. The summed E-state index contributed by atoms with van der Waals surface area (Å²) < 4.78 is 1.94. The van der Waals surface area contributed by atoms with Crippen LogP contribution in [0.5, 0.6) is 0 Å². The van der Waals surface area contributed by atoms with Gasteiger partial charge < -0.3 is 9.72 Å². The van der Waals surface area contributed by atoms with Crippen LogP contribution in [0, 0.1) is 0 Å². The normalized spacial score (nSPS) is 19.2. The molecule has 0 aliphatic carbocycles. The molecule has 2 N–H and O–H groups in total. The lowest BCUT2D eigenvalue weighted by atomic mass is 10.2. The largest absolute Gasteiger partial charge is 0.351 e. The first-order chi connectivity index (χ1) is 8.83. The second-order valence-electron chi connectivity index (χ2n) is 4.22. The zero-order valence-corrected chi connectivity index (χ0v) is 10.6. The van der Waals surface area contributed by atoms with Crippen molar-refractivity contribution in [2.24, 2.45) is 0 Å². The van der Waals surface area contributed by atoms with Crippen molar-refractivity contribution < 1.29 is 4.79 Å². The fourth-order valence-corrected chi connectivity index (χ4v) is 2.88. The summed E-state index contributed by atoms with van der Waals surface area (Å²) in [4.78, 5) is 16.0. The Morgan fingerprint density at radius 3 is 3.39 bits per heavy atom. The number of fused-ring (bicyclic) bond motifs is 1. The quantitative estimate of drug-likeness (QED) is 0.851. The molecule has 1 aliphatic rings. The summed E-state index contributed by atoms with van der Waals surface area (Å²) in [6.45, 7) is 0.547. The van der Waals surface area contributed by atoms with E-state index in [4.69, 9.17) is 0 Å². The van der Waals surface area contributed by atoms with Crippen molar-refractivity contribution in [2.45, 2.75) is 12.6 Å². The second-order valence-corrected chi connectivity index (χ2v) is 5.25. The molecule has 94 valence electrons. The van der Waals surface area contributed by atoms with Crippen LogP contribution in [-0.2, 0) is 11.3 Å². The molecule has 1 unspecified atom stereocenters. The van der Waals surface area contributed by atoms with E-state index in [0.717, 1.165) is 22.8 Å². The van der Waals surface area contributed by atoms with Gasteiger partial charge in [-0.1, -0.05) is 0 Å². The number of aromatic nitrogens is 2. The highest BCUT2D eigenvalue weighted by atomic mass is 32.2. The molecule has 1 fully saturated rings. The van der Waals surface area contributed by atoms with Crippen molar-refractivity contribution in [1.82, 2.24) is 20.0 Å². The number of hydrogen-bond acceptors (Lipinski definition) is 4. The maximum atomic E-state index is 11.8. The van der Waals surface area contributed by atoms with Gasteiger partial charge in [-0.25, -0.2) is 4.98 Å². The van der Waals surface area contributed by atoms with Crippen LogP contribution in [0.15, 0.2) is 30.7 Å². The summed E-state index contributed by atoms with van der Waals surface area (Å²) in [5.41, 5.74) is 1.96. The van der Waals surface area contributed by atoms with E-state index in [2.05, 4.69) is 15.6 Å². The van der Waals surface area contributed by atoms with Crippen molar-refractivity contribution in [3.8, 4) is 0 Å². The van der Waals surface area contributed by atoms with Crippen molar-refractivity contribution in [3.05, 3.63) is 36.3 Å². The lowest BCUT2D eigenvalue weighted by Gasteiger charge is -2.10. The number of pyridine rings is 1. The van der Waals surface area contributed by atoms with E-state index < -0.39 is 0 Å². The van der Waals surface area contributed by atoms with Gasteiger partial charge in [0, 0.05) is 36.8 Å². The van der Waals surface area contributed by atoms with E-state index in [1.54, 1.807) is 18.0 Å². The zero-order valence-electron chi connectivity index (χ0n) is 9.80. The highest BCUT2D eigenvalue weighted by Crippen LogP contribution is 2.10. The maximum Gasteiger partial charge on any atom is 0.238 e. The predicted octanol–water partition coefficient (Wildman–Crippen LogP) is 0.613. The molecule has 18 heavy (non-hydrogen) atoms. The number of rotatable bonds is 3. The van der Waals surface area contributed by atoms with Crippen LogP contribution in [0.3, 0.4) is 0 Å². The molecule has 1 saturated heterocycles. The molecule has 0 spiro atoms. The number of amides is 1. The number of hydrogen-bond donors (Lipinski definition) is 2. The zero-order chi connectivity index (χ0) is 12.4. The van der Waals surface area contributed by atoms with E-state index in [-0.39, 0.29) is 11.9 Å². The molecule has 2 aromatic rings. The smallest absolute Gasteiger partial charge is 0.238 e. The van der Waals surface area contributed by atoms with Gasteiger partial charge in [0.05, 0.1) is 6.04 Å². The first-order valence-corrected chi connectivity index (χ1v) is 6.99. The summed E-state index contributed by atoms with van der Waals surface area (Å²) in [6, 6.07) is 3.92. The summed E-state index contributed by atoms with van der Waals surface area (Å²) in [5, 5.41) is 6.10. The Hall–Kier alpha value is -1.53. The molecule has 1 amide bonds. The molecule has 3 heterocycles. The van der Waals surface area contributed by atoms with Crippen LogP contribution < -0.4 is 10.6 Å². The van der Waals surface area contributed by atoms with Gasteiger partial charge in [-0.3, -0.25) is 10.1 Å². The Balaban J connectivity index is 1.63. The molecule has 0 aromatic carbocycles. The number of nitrogens with one attached hydrogen (secondary N) is 2. The monoisotopic (exact) mass is 262 g/mol. The van der Waals surface area contributed by atoms with E-state index in [1.165, 1.54) is 0 Å². The van der Waals surface area contributed by atoms with E-state index >= 15 is 0 Å². The standard InChI is InChI=1S/C12H14N4OS/c17-12(10-7-18-8-15-10)14-6-9-1-3-16-4-2-13-11(16)5-9/h1-5,10,15H,6-8H2,(H,14,17). The molecule has 1 atom stereocenters. The number of imidazole rings is 1. The summed E-state index contributed by atoms with van der Waals surface area (Å²) in [6.07, 6.45) is 5.61. The number of carbonyl (C=O) groups is 1. The number of carbonyl (C=O) groups excluding carboxylic acids is 1. The van der Waals surface area contributed by atoms with Crippen LogP contribution >= 0.6 is 11.8 Å². The third-order valence-electron chi connectivity index (χ3n) is 2.96. The van der Waals surface area contributed by atoms with Gasteiger partial charge in [0.25, 0.3) is 0 Å². The van der Waals surface area contributed by atoms with Crippen LogP contribution in [0.2, 0.25) is 0 Å². The Bertz CT molecular complexity index is 562. The topological polar surface area (TPSA) is 58.4 Å². The SMILES string of the molecule is O=C(NCc1ccn2ccnc2c1)C1CSCN1. The van der Waals surface area contributed by atoms with E-state index in [1.807, 2.05) is 28.9 Å². The molecule has 5 nitrogen and oxygen atoms in total. The Morgan fingerprint density at radius 2 is 2.56 bits per heavy atom. The minimum absolute atomic E-state index is 0.0508. The van der Waals surface area contributed by atoms with Gasteiger partial charge in [0.2, 0.25) is 5.91 Å². The van der Waals surface area contributed by atoms with E-state index in [9.17, 15) is 4.79 Å². The molecule has 0 radical (unpaired) electrons. The molecular formula is C12H14N4OS. The minimum Gasteiger partial charge on any atom is -0.351 e. The van der Waals surface area contributed by atoms with Crippen molar-refractivity contribution in [2.75, 3.05) is 11.6 Å². The van der Waals surface area contributed by atoms with Crippen molar-refractivity contribution in [3.63, 3.8) is 0 Å². The van der Waals surface area contributed by atoms with Gasteiger partial charge in [-0.05, 0) is 17.7 Å². The Labute approximate surface area is 109 Å². The number of nitrogens with zero attached hydrogens (tertiary/aromatic N) is 2. The first kappa shape index (κ1) is 11.6. The first-order valence-electron chi connectivity index (χ1n) is 5.83. The number of thioether (sulfide) groups is 1.